The number of hydrogen-bond donors (Lipinski definition) is 0. The van der Waals surface area contributed by atoms with Gasteiger partial charge in [0.05, 0.1) is 12.2 Å². The molecule has 0 aromatic rings. The van der Waals surface area contributed by atoms with Crippen LogP contribution in [-0.4, -0.2) is 24.1 Å². The lowest BCUT2D eigenvalue weighted by atomic mass is 10.0. The normalized spacial score (nSPS) is 10.9. The molecule has 0 N–H and O–H groups in total. The molecule has 0 unspecified atom stereocenters. The molecule has 0 saturated heterocycles. The maximum absolute atomic E-state index is 12.0. The number of carbonyl (C=O) groups is 2. The Morgan fingerprint density at radius 2 is 1.45 bits per heavy atom. The van der Waals surface area contributed by atoms with Gasteiger partial charge in [0.25, 0.3) is 0 Å². The Kier molecular flexibility index (Phi) is 9.77. The van der Waals surface area contributed by atoms with Crippen molar-refractivity contribution in [3.05, 3.63) is 12.7 Å². The van der Waals surface area contributed by atoms with E-state index in [1.54, 1.807) is 27.7 Å². The summed E-state index contributed by atoms with van der Waals surface area (Å²) < 4.78 is 10.3. The summed E-state index contributed by atoms with van der Waals surface area (Å²) in [6.07, 6.45) is 5.65. The van der Waals surface area contributed by atoms with E-state index in [0.717, 1.165) is 25.7 Å². The van der Waals surface area contributed by atoms with Gasteiger partial charge < -0.3 is 9.47 Å². The summed E-state index contributed by atoms with van der Waals surface area (Å²) in [6, 6.07) is 0. The average Bonchev–Trinajstić information content (AvgIpc) is 2.31. The van der Waals surface area contributed by atoms with Gasteiger partial charge in [-0.05, 0) is 47.0 Å². The molecule has 0 saturated carbocycles. The van der Waals surface area contributed by atoms with Gasteiger partial charge in [-0.1, -0.05) is 18.9 Å². The van der Waals surface area contributed by atoms with Crippen LogP contribution in [-0.2, 0) is 19.1 Å². The summed E-state index contributed by atoms with van der Waals surface area (Å²) in [5, 5.41) is 0. The van der Waals surface area contributed by atoms with Gasteiger partial charge >= 0.3 is 11.9 Å². The minimum atomic E-state index is -0.802. The first-order valence-electron chi connectivity index (χ1n) is 7.40. The number of esters is 2. The highest BCUT2D eigenvalue weighted by molar-refractivity contribution is 5.95. The fourth-order valence-electron chi connectivity index (χ4n) is 1.77. The van der Waals surface area contributed by atoms with Gasteiger partial charge in [-0.3, -0.25) is 9.59 Å². The van der Waals surface area contributed by atoms with E-state index in [2.05, 4.69) is 6.58 Å². The first-order valence-corrected chi connectivity index (χ1v) is 7.40. The molecular formula is C16H28O4. The predicted molar refractivity (Wildman–Crippen MR) is 79.2 cm³/mol. The molecule has 0 bridgehead atoms. The van der Waals surface area contributed by atoms with Crippen molar-refractivity contribution in [1.29, 1.82) is 0 Å². The average molecular weight is 284 g/mol. The van der Waals surface area contributed by atoms with Gasteiger partial charge in [-0.25, -0.2) is 0 Å². The molecule has 4 heteroatoms. The third-order valence-electron chi connectivity index (χ3n) is 2.67. The Balaban J connectivity index is 4.42. The van der Waals surface area contributed by atoms with Crippen molar-refractivity contribution in [2.24, 2.45) is 5.92 Å². The molecule has 0 aliphatic heterocycles. The van der Waals surface area contributed by atoms with E-state index in [4.69, 9.17) is 9.47 Å². The number of unbranched alkanes of at least 4 members (excludes halogenated alkanes) is 3. The van der Waals surface area contributed by atoms with Gasteiger partial charge in [0.15, 0.2) is 5.92 Å². The molecule has 0 fully saturated rings. The number of rotatable bonds is 10. The van der Waals surface area contributed by atoms with Crippen LogP contribution in [0.5, 0.6) is 0 Å². The highest BCUT2D eigenvalue weighted by Crippen LogP contribution is 2.16. The fraction of sp³-hybridized carbons (Fsp3) is 0.750. The standard InChI is InChI=1S/C16H28O4/c1-6-7-8-9-10-11-14(15(17)19-12(2)3)16(18)20-13(4)5/h6,12-14H,1,7-11H2,2-5H3. The van der Waals surface area contributed by atoms with Crippen molar-refractivity contribution in [2.75, 3.05) is 0 Å². The van der Waals surface area contributed by atoms with Gasteiger partial charge in [0.2, 0.25) is 0 Å². The number of hydrogen-bond acceptors (Lipinski definition) is 4. The number of allylic oxidation sites excluding steroid dienone is 1. The van der Waals surface area contributed by atoms with Crippen molar-refractivity contribution >= 4 is 11.9 Å². The second-order valence-electron chi connectivity index (χ2n) is 5.45. The molecule has 0 radical (unpaired) electrons. The summed E-state index contributed by atoms with van der Waals surface area (Å²) in [5.74, 6) is -1.76. The molecule has 0 amide bonds. The van der Waals surface area contributed by atoms with Crippen LogP contribution in [0.25, 0.3) is 0 Å². The maximum atomic E-state index is 12.0. The van der Waals surface area contributed by atoms with E-state index in [0.29, 0.717) is 6.42 Å². The number of carbonyl (C=O) groups excluding carboxylic acids is 2. The molecule has 0 rings (SSSR count). The summed E-state index contributed by atoms with van der Waals surface area (Å²) in [4.78, 5) is 23.9. The SMILES string of the molecule is C=CCCCCCC(C(=O)OC(C)C)C(=O)OC(C)C. The molecule has 116 valence electrons. The Bertz CT molecular complexity index is 286. The van der Waals surface area contributed by atoms with E-state index in [9.17, 15) is 9.59 Å². The van der Waals surface area contributed by atoms with E-state index in [1.165, 1.54) is 0 Å². The lowest BCUT2D eigenvalue weighted by Crippen LogP contribution is -2.31. The molecule has 0 aliphatic carbocycles. The third kappa shape index (κ3) is 8.73. The first kappa shape index (κ1) is 18.7. The highest BCUT2D eigenvalue weighted by atomic mass is 16.6. The summed E-state index contributed by atoms with van der Waals surface area (Å²) in [6.45, 7) is 10.7. The fourth-order valence-corrected chi connectivity index (χ4v) is 1.77. The smallest absolute Gasteiger partial charge is 0.320 e. The van der Waals surface area contributed by atoms with Crippen LogP contribution in [0.1, 0.15) is 59.8 Å². The van der Waals surface area contributed by atoms with Crippen LogP contribution < -0.4 is 0 Å². The Hall–Kier alpha value is -1.32. The molecule has 0 atom stereocenters. The zero-order chi connectivity index (χ0) is 15.5. The maximum Gasteiger partial charge on any atom is 0.320 e. The van der Waals surface area contributed by atoms with Crippen LogP contribution >= 0.6 is 0 Å². The minimum Gasteiger partial charge on any atom is -0.462 e. The monoisotopic (exact) mass is 284 g/mol. The summed E-state index contributed by atoms with van der Waals surface area (Å²) >= 11 is 0. The first-order chi connectivity index (χ1) is 9.38. The molecule has 4 nitrogen and oxygen atoms in total. The summed E-state index contributed by atoms with van der Waals surface area (Å²) in [7, 11) is 0. The second-order valence-corrected chi connectivity index (χ2v) is 5.45. The van der Waals surface area contributed by atoms with Gasteiger partial charge in [0.1, 0.15) is 0 Å². The van der Waals surface area contributed by atoms with Gasteiger partial charge in [0, 0.05) is 0 Å². The predicted octanol–water partition coefficient (Wildman–Crippen LogP) is 3.64. The zero-order valence-corrected chi connectivity index (χ0v) is 13.2. The van der Waals surface area contributed by atoms with Gasteiger partial charge in [-0.15, -0.1) is 6.58 Å². The molecule has 0 aliphatic rings. The van der Waals surface area contributed by atoms with Crippen molar-refractivity contribution in [2.45, 2.75) is 72.0 Å². The number of ether oxygens (including phenoxy) is 2. The zero-order valence-electron chi connectivity index (χ0n) is 13.2. The van der Waals surface area contributed by atoms with E-state index in [1.807, 2.05) is 6.08 Å². The Labute approximate surface area is 122 Å². The summed E-state index contributed by atoms with van der Waals surface area (Å²) in [5.41, 5.74) is 0. The Morgan fingerprint density at radius 3 is 1.85 bits per heavy atom. The quantitative estimate of drug-likeness (QED) is 0.266. The molecular weight excluding hydrogens is 256 g/mol. The largest absolute Gasteiger partial charge is 0.462 e. The molecule has 0 aromatic carbocycles. The van der Waals surface area contributed by atoms with Crippen molar-refractivity contribution < 1.29 is 19.1 Å². The van der Waals surface area contributed by atoms with Crippen LogP contribution in [0.15, 0.2) is 12.7 Å². The molecule has 0 spiro atoms. The van der Waals surface area contributed by atoms with E-state index < -0.39 is 17.9 Å². The second kappa shape index (κ2) is 10.5. The van der Waals surface area contributed by atoms with Crippen molar-refractivity contribution in [3.8, 4) is 0 Å². The molecule has 0 aromatic heterocycles. The van der Waals surface area contributed by atoms with Crippen molar-refractivity contribution in [1.82, 2.24) is 0 Å². The molecule has 0 heterocycles. The Morgan fingerprint density at radius 1 is 0.950 bits per heavy atom. The lowest BCUT2D eigenvalue weighted by molar-refractivity contribution is -0.166. The lowest BCUT2D eigenvalue weighted by Gasteiger charge is -2.18. The molecule has 20 heavy (non-hydrogen) atoms. The third-order valence-corrected chi connectivity index (χ3v) is 2.67. The van der Waals surface area contributed by atoms with Crippen LogP contribution in [0.3, 0.4) is 0 Å². The van der Waals surface area contributed by atoms with E-state index >= 15 is 0 Å². The minimum absolute atomic E-state index is 0.224. The van der Waals surface area contributed by atoms with Crippen LogP contribution in [0.4, 0.5) is 0 Å². The van der Waals surface area contributed by atoms with Crippen LogP contribution in [0, 0.1) is 5.92 Å². The topological polar surface area (TPSA) is 52.6 Å². The van der Waals surface area contributed by atoms with Crippen molar-refractivity contribution in [3.63, 3.8) is 0 Å². The van der Waals surface area contributed by atoms with Crippen LogP contribution in [0.2, 0.25) is 0 Å². The highest BCUT2D eigenvalue weighted by Gasteiger charge is 2.30. The van der Waals surface area contributed by atoms with Gasteiger partial charge in [-0.2, -0.15) is 0 Å². The van der Waals surface area contributed by atoms with E-state index in [-0.39, 0.29) is 12.2 Å².